The quantitative estimate of drug-likeness (QED) is 0.876. The molecule has 0 unspecified atom stereocenters. The second kappa shape index (κ2) is 7.26. The maximum absolute atomic E-state index is 12.5. The summed E-state index contributed by atoms with van der Waals surface area (Å²) < 4.78 is 0. The van der Waals surface area contributed by atoms with Gasteiger partial charge in [-0.1, -0.05) is 73.5 Å². The Bertz CT molecular complexity index is 588. The number of benzene rings is 2. The van der Waals surface area contributed by atoms with Gasteiger partial charge < -0.3 is 5.32 Å². The molecule has 2 aromatic carbocycles. The molecule has 0 saturated heterocycles. The van der Waals surface area contributed by atoms with Crippen molar-refractivity contribution in [3.05, 3.63) is 71.8 Å². The molecular formula is C20H23NO. The summed E-state index contributed by atoms with van der Waals surface area (Å²) in [7, 11) is 0. The van der Waals surface area contributed by atoms with Crippen LogP contribution >= 0.6 is 0 Å². The molecule has 1 amide bonds. The lowest BCUT2D eigenvalue weighted by Gasteiger charge is -2.21. The summed E-state index contributed by atoms with van der Waals surface area (Å²) in [5.41, 5.74) is 2.43. The largest absolute Gasteiger partial charge is 0.349 e. The molecule has 0 aromatic heterocycles. The molecule has 1 saturated carbocycles. The molecule has 1 fully saturated rings. The van der Waals surface area contributed by atoms with Crippen molar-refractivity contribution in [2.45, 2.75) is 38.1 Å². The van der Waals surface area contributed by atoms with Crippen LogP contribution in [0.3, 0.4) is 0 Å². The van der Waals surface area contributed by atoms with E-state index in [0.717, 1.165) is 19.3 Å². The normalized spacial score (nSPS) is 16.4. The molecule has 3 rings (SSSR count). The van der Waals surface area contributed by atoms with Crippen molar-refractivity contribution in [2.75, 3.05) is 0 Å². The second-order valence-corrected chi connectivity index (χ2v) is 6.14. The number of carbonyl (C=O) groups excluding carboxylic acids is 1. The molecule has 1 atom stereocenters. The molecule has 22 heavy (non-hydrogen) atoms. The van der Waals surface area contributed by atoms with Crippen LogP contribution in [-0.2, 0) is 11.2 Å². The van der Waals surface area contributed by atoms with E-state index in [1.807, 2.05) is 24.3 Å². The van der Waals surface area contributed by atoms with E-state index in [0.29, 0.717) is 0 Å². The third kappa shape index (κ3) is 3.76. The van der Waals surface area contributed by atoms with E-state index in [-0.39, 0.29) is 17.9 Å². The molecule has 1 N–H and O–H groups in total. The Kier molecular flexibility index (Phi) is 4.89. The zero-order valence-electron chi connectivity index (χ0n) is 12.9. The van der Waals surface area contributed by atoms with E-state index < -0.39 is 0 Å². The third-order valence-corrected chi connectivity index (χ3v) is 4.53. The molecule has 2 heteroatoms. The summed E-state index contributed by atoms with van der Waals surface area (Å²) in [4.78, 5) is 12.5. The van der Waals surface area contributed by atoms with Crippen LogP contribution in [0.15, 0.2) is 60.7 Å². The summed E-state index contributed by atoms with van der Waals surface area (Å²) in [5, 5.41) is 3.28. The van der Waals surface area contributed by atoms with E-state index in [4.69, 9.17) is 0 Å². The predicted molar refractivity (Wildman–Crippen MR) is 89.4 cm³/mol. The van der Waals surface area contributed by atoms with Gasteiger partial charge in [-0.3, -0.25) is 4.79 Å². The van der Waals surface area contributed by atoms with E-state index in [2.05, 4.69) is 41.7 Å². The predicted octanol–water partition coefficient (Wildman–Crippen LogP) is 4.28. The minimum Gasteiger partial charge on any atom is -0.349 e. The Morgan fingerprint density at radius 2 is 1.55 bits per heavy atom. The van der Waals surface area contributed by atoms with Crippen LogP contribution < -0.4 is 5.32 Å². The Hall–Kier alpha value is -2.09. The summed E-state index contributed by atoms with van der Waals surface area (Å²) in [5.74, 6) is 0.435. The molecule has 0 radical (unpaired) electrons. The number of carbonyl (C=O) groups is 1. The van der Waals surface area contributed by atoms with Crippen LogP contribution in [0.1, 0.15) is 42.9 Å². The average Bonchev–Trinajstić information content (AvgIpc) is 3.11. The first kappa shape index (κ1) is 14.8. The van der Waals surface area contributed by atoms with Gasteiger partial charge in [0.15, 0.2) is 0 Å². The average molecular weight is 293 g/mol. The van der Waals surface area contributed by atoms with Gasteiger partial charge in [-0.2, -0.15) is 0 Å². The molecule has 1 aliphatic rings. The fourth-order valence-corrected chi connectivity index (χ4v) is 3.26. The van der Waals surface area contributed by atoms with Gasteiger partial charge >= 0.3 is 0 Å². The lowest BCUT2D eigenvalue weighted by atomic mass is 9.97. The summed E-state index contributed by atoms with van der Waals surface area (Å²) >= 11 is 0. The minimum atomic E-state index is 0.0525. The van der Waals surface area contributed by atoms with Crippen molar-refractivity contribution >= 4 is 5.91 Å². The SMILES string of the molecule is O=C(N[C@H](Cc1ccccc1)c1ccccc1)C1CCCC1. The van der Waals surface area contributed by atoms with Crippen molar-refractivity contribution in [3.8, 4) is 0 Å². The molecule has 0 aliphatic heterocycles. The first-order valence-corrected chi connectivity index (χ1v) is 8.22. The highest BCUT2D eigenvalue weighted by Crippen LogP contribution is 2.26. The van der Waals surface area contributed by atoms with Gasteiger partial charge in [0.25, 0.3) is 0 Å². The fraction of sp³-hybridized carbons (Fsp3) is 0.350. The first-order valence-electron chi connectivity index (χ1n) is 8.22. The summed E-state index contributed by atoms with van der Waals surface area (Å²) in [6.45, 7) is 0. The molecule has 1 aliphatic carbocycles. The number of hydrogen-bond acceptors (Lipinski definition) is 1. The third-order valence-electron chi connectivity index (χ3n) is 4.53. The van der Waals surface area contributed by atoms with Crippen LogP contribution in [-0.4, -0.2) is 5.91 Å². The van der Waals surface area contributed by atoms with Gasteiger partial charge in [-0.05, 0) is 30.4 Å². The van der Waals surface area contributed by atoms with Gasteiger partial charge in [0.05, 0.1) is 6.04 Å². The molecule has 0 spiro atoms. The number of hydrogen-bond donors (Lipinski definition) is 1. The molecule has 0 heterocycles. The van der Waals surface area contributed by atoms with E-state index >= 15 is 0 Å². The van der Waals surface area contributed by atoms with Crippen molar-refractivity contribution in [1.82, 2.24) is 5.32 Å². The van der Waals surface area contributed by atoms with Gasteiger partial charge in [-0.15, -0.1) is 0 Å². The number of amides is 1. The van der Waals surface area contributed by atoms with Crippen LogP contribution in [0.4, 0.5) is 0 Å². The van der Waals surface area contributed by atoms with E-state index in [9.17, 15) is 4.79 Å². The van der Waals surface area contributed by atoms with Gasteiger partial charge in [0, 0.05) is 5.92 Å². The molecule has 2 aromatic rings. The van der Waals surface area contributed by atoms with Gasteiger partial charge in [0.2, 0.25) is 5.91 Å². The maximum atomic E-state index is 12.5. The topological polar surface area (TPSA) is 29.1 Å². The second-order valence-electron chi connectivity index (χ2n) is 6.14. The van der Waals surface area contributed by atoms with Crippen LogP contribution in [0.25, 0.3) is 0 Å². The highest BCUT2D eigenvalue weighted by molar-refractivity contribution is 5.79. The number of nitrogens with one attached hydrogen (secondary N) is 1. The van der Waals surface area contributed by atoms with Crippen LogP contribution in [0.2, 0.25) is 0 Å². The summed E-state index contributed by atoms with van der Waals surface area (Å²) in [6.07, 6.45) is 5.29. The maximum Gasteiger partial charge on any atom is 0.223 e. The number of rotatable bonds is 5. The molecule has 114 valence electrons. The highest BCUT2D eigenvalue weighted by atomic mass is 16.1. The zero-order valence-corrected chi connectivity index (χ0v) is 12.9. The monoisotopic (exact) mass is 293 g/mol. The van der Waals surface area contributed by atoms with Crippen molar-refractivity contribution in [3.63, 3.8) is 0 Å². The van der Waals surface area contributed by atoms with Gasteiger partial charge in [-0.25, -0.2) is 0 Å². The van der Waals surface area contributed by atoms with Crippen molar-refractivity contribution in [2.24, 2.45) is 5.92 Å². The lowest BCUT2D eigenvalue weighted by Crippen LogP contribution is -2.34. The zero-order chi connectivity index (χ0) is 15.2. The molecular weight excluding hydrogens is 270 g/mol. The van der Waals surface area contributed by atoms with Crippen molar-refractivity contribution < 1.29 is 4.79 Å². The fourth-order valence-electron chi connectivity index (χ4n) is 3.26. The van der Waals surface area contributed by atoms with Gasteiger partial charge in [0.1, 0.15) is 0 Å². The Balaban J connectivity index is 1.75. The Labute approximate surface area is 132 Å². The Morgan fingerprint density at radius 3 is 2.18 bits per heavy atom. The molecule has 0 bridgehead atoms. The lowest BCUT2D eigenvalue weighted by molar-refractivity contribution is -0.125. The first-order chi connectivity index (χ1) is 10.8. The summed E-state index contributed by atoms with van der Waals surface area (Å²) in [6, 6.07) is 20.7. The Morgan fingerprint density at radius 1 is 0.955 bits per heavy atom. The van der Waals surface area contributed by atoms with Crippen molar-refractivity contribution in [1.29, 1.82) is 0 Å². The van der Waals surface area contributed by atoms with E-state index in [1.165, 1.54) is 24.0 Å². The van der Waals surface area contributed by atoms with Crippen LogP contribution in [0, 0.1) is 5.92 Å². The standard InChI is InChI=1S/C20H23NO/c22-20(18-13-7-8-14-18)21-19(17-11-5-2-6-12-17)15-16-9-3-1-4-10-16/h1-6,9-12,18-19H,7-8,13-15H2,(H,21,22)/t19-/m1/s1. The molecule has 2 nitrogen and oxygen atoms in total. The highest BCUT2D eigenvalue weighted by Gasteiger charge is 2.25. The van der Waals surface area contributed by atoms with E-state index in [1.54, 1.807) is 0 Å². The smallest absolute Gasteiger partial charge is 0.223 e. The van der Waals surface area contributed by atoms with Crippen LogP contribution in [0.5, 0.6) is 0 Å². The minimum absolute atomic E-state index is 0.0525.